The Labute approximate surface area is 124 Å². The topological polar surface area (TPSA) is 101 Å². The molecule has 2 heterocycles. The Bertz CT molecular complexity index is 737. The molecule has 8 heteroatoms. The van der Waals surface area contributed by atoms with E-state index in [1.54, 1.807) is 13.0 Å². The minimum atomic E-state index is -0.357. The molecule has 0 saturated carbocycles. The van der Waals surface area contributed by atoms with Gasteiger partial charge in [-0.1, -0.05) is 16.9 Å². The Morgan fingerprint density at radius 2 is 2.38 bits per heavy atom. The number of thioether (sulfide) groups is 1. The SMILES string of the molecule is Cc1cc(NC(=O)CSc2nc(=O)[nH]c3c2CCC3)on1. The van der Waals surface area contributed by atoms with Crippen molar-refractivity contribution < 1.29 is 9.32 Å². The van der Waals surface area contributed by atoms with Gasteiger partial charge in [0.2, 0.25) is 11.8 Å². The zero-order valence-corrected chi connectivity index (χ0v) is 12.2. The number of aromatic nitrogens is 3. The molecule has 110 valence electrons. The van der Waals surface area contributed by atoms with E-state index in [-0.39, 0.29) is 17.3 Å². The third-order valence-corrected chi connectivity index (χ3v) is 4.19. The van der Waals surface area contributed by atoms with Gasteiger partial charge in [-0.25, -0.2) is 4.79 Å². The molecule has 1 aliphatic carbocycles. The van der Waals surface area contributed by atoms with Gasteiger partial charge < -0.3 is 9.51 Å². The maximum absolute atomic E-state index is 11.8. The number of fused-ring (bicyclic) bond motifs is 1. The maximum Gasteiger partial charge on any atom is 0.346 e. The molecule has 3 rings (SSSR count). The average molecular weight is 306 g/mol. The number of anilines is 1. The van der Waals surface area contributed by atoms with Gasteiger partial charge in [-0.2, -0.15) is 4.98 Å². The van der Waals surface area contributed by atoms with Crippen molar-refractivity contribution in [2.75, 3.05) is 11.1 Å². The molecular formula is C13H14N4O3S. The summed E-state index contributed by atoms with van der Waals surface area (Å²) in [5, 5.41) is 6.95. The molecule has 0 aliphatic heterocycles. The van der Waals surface area contributed by atoms with Crippen LogP contribution in [0.1, 0.15) is 23.4 Å². The highest BCUT2D eigenvalue weighted by atomic mass is 32.2. The fourth-order valence-electron chi connectivity index (χ4n) is 2.28. The van der Waals surface area contributed by atoms with E-state index in [9.17, 15) is 9.59 Å². The summed E-state index contributed by atoms with van der Waals surface area (Å²) in [6, 6.07) is 1.64. The van der Waals surface area contributed by atoms with Crippen molar-refractivity contribution in [2.45, 2.75) is 31.2 Å². The Morgan fingerprint density at radius 1 is 1.52 bits per heavy atom. The summed E-state index contributed by atoms with van der Waals surface area (Å²) in [7, 11) is 0. The van der Waals surface area contributed by atoms with Crippen LogP contribution in [0.5, 0.6) is 0 Å². The Morgan fingerprint density at radius 3 is 3.14 bits per heavy atom. The molecular weight excluding hydrogens is 292 g/mol. The van der Waals surface area contributed by atoms with Crippen molar-refractivity contribution in [3.8, 4) is 0 Å². The quantitative estimate of drug-likeness (QED) is 0.652. The smallest absolute Gasteiger partial charge is 0.338 e. The number of carbonyl (C=O) groups is 1. The maximum atomic E-state index is 11.8. The molecule has 1 amide bonds. The van der Waals surface area contributed by atoms with Crippen LogP contribution in [-0.2, 0) is 17.6 Å². The fourth-order valence-corrected chi connectivity index (χ4v) is 3.17. The van der Waals surface area contributed by atoms with Crippen molar-refractivity contribution >= 4 is 23.6 Å². The molecule has 0 fully saturated rings. The van der Waals surface area contributed by atoms with Crippen LogP contribution >= 0.6 is 11.8 Å². The monoisotopic (exact) mass is 306 g/mol. The highest BCUT2D eigenvalue weighted by Gasteiger charge is 2.19. The van der Waals surface area contributed by atoms with Crippen LogP contribution in [0.15, 0.2) is 20.4 Å². The predicted molar refractivity (Wildman–Crippen MR) is 77.5 cm³/mol. The molecule has 0 saturated heterocycles. The lowest BCUT2D eigenvalue weighted by Crippen LogP contribution is -2.17. The first-order chi connectivity index (χ1) is 10.1. The van der Waals surface area contributed by atoms with Gasteiger partial charge in [0, 0.05) is 17.3 Å². The van der Waals surface area contributed by atoms with E-state index in [2.05, 4.69) is 20.4 Å². The average Bonchev–Trinajstić information content (AvgIpc) is 3.04. The van der Waals surface area contributed by atoms with Crippen molar-refractivity contribution in [1.82, 2.24) is 15.1 Å². The van der Waals surface area contributed by atoms with E-state index in [0.717, 1.165) is 30.5 Å². The molecule has 0 radical (unpaired) electrons. The number of nitrogens with zero attached hydrogens (tertiary/aromatic N) is 2. The second kappa shape index (κ2) is 5.72. The molecule has 1 aliphatic rings. The molecule has 2 aromatic heterocycles. The van der Waals surface area contributed by atoms with Crippen LogP contribution in [0.4, 0.5) is 5.88 Å². The number of amides is 1. The van der Waals surface area contributed by atoms with Gasteiger partial charge in [-0.15, -0.1) is 0 Å². The number of aryl methyl sites for hydroxylation is 2. The lowest BCUT2D eigenvalue weighted by Gasteiger charge is -2.05. The van der Waals surface area contributed by atoms with Crippen LogP contribution in [0.2, 0.25) is 0 Å². The van der Waals surface area contributed by atoms with E-state index < -0.39 is 0 Å². The molecule has 21 heavy (non-hydrogen) atoms. The molecule has 2 aromatic rings. The normalized spacial score (nSPS) is 13.2. The van der Waals surface area contributed by atoms with Crippen LogP contribution in [0.25, 0.3) is 0 Å². The second-order valence-corrected chi connectivity index (χ2v) is 5.79. The molecule has 7 nitrogen and oxygen atoms in total. The van der Waals surface area contributed by atoms with Crippen LogP contribution < -0.4 is 11.0 Å². The summed E-state index contributed by atoms with van der Waals surface area (Å²) in [6.45, 7) is 1.78. The third-order valence-electron chi connectivity index (χ3n) is 3.17. The zero-order valence-electron chi connectivity index (χ0n) is 11.4. The Hall–Kier alpha value is -2.09. The van der Waals surface area contributed by atoms with Crippen molar-refractivity contribution in [1.29, 1.82) is 0 Å². The number of aromatic amines is 1. The zero-order chi connectivity index (χ0) is 14.8. The molecule has 0 atom stereocenters. The van der Waals surface area contributed by atoms with Crippen molar-refractivity contribution in [3.63, 3.8) is 0 Å². The number of nitrogens with one attached hydrogen (secondary N) is 2. The largest absolute Gasteiger partial charge is 0.346 e. The summed E-state index contributed by atoms with van der Waals surface area (Å²) < 4.78 is 4.92. The van der Waals surface area contributed by atoms with E-state index in [1.165, 1.54) is 11.8 Å². The highest BCUT2D eigenvalue weighted by molar-refractivity contribution is 8.00. The molecule has 0 unspecified atom stereocenters. The van der Waals surface area contributed by atoms with Gasteiger partial charge >= 0.3 is 5.69 Å². The summed E-state index contributed by atoms with van der Waals surface area (Å²) in [5.74, 6) is 0.273. The second-order valence-electron chi connectivity index (χ2n) is 4.83. The summed E-state index contributed by atoms with van der Waals surface area (Å²) in [6.07, 6.45) is 2.77. The summed E-state index contributed by atoms with van der Waals surface area (Å²) in [5.41, 5.74) is 2.35. The van der Waals surface area contributed by atoms with E-state index >= 15 is 0 Å². The van der Waals surface area contributed by atoms with Crippen molar-refractivity contribution in [2.24, 2.45) is 0 Å². The first kappa shape index (κ1) is 13.9. The molecule has 0 bridgehead atoms. The van der Waals surface area contributed by atoms with E-state index in [1.807, 2.05) is 0 Å². The Kier molecular flexibility index (Phi) is 3.78. The summed E-state index contributed by atoms with van der Waals surface area (Å²) >= 11 is 1.27. The highest BCUT2D eigenvalue weighted by Crippen LogP contribution is 2.27. The van der Waals surface area contributed by atoms with Crippen LogP contribution in [-0.4, -0.2) is 26.8 Å². The van der Waals surface area contributed by atoms with E-state index in [0.29, 0.717) is 16.6 Å². The first-order valence-corrected chi connectivity index (χ1v) is 7.58. The molecule has 0 aromatic carbocycles. The van der Waals surface area contributed by atoms with Gasteiger partial charge in [0.15, 0.2) is 0 Å². The fraction of sp³-hybridized carbons (Fsp3) is 0.385. The number of hydrogen-bond acceptors (Lipinski definition) is 6. The van der Waals surface area contributed by atoms with Gasteiger partial charge in [-0.05, 0) is 26.2 Å². The third kappa shape index (κ3) is 3.15. The van der Waals surface area contributed by atoms with Gasteiger partial charge in [0.1, 0.15) is 5.03 Å². The minimum absolute atomic E-state index is 0.169. The van der Waals surface area contributed by atoms with Crippen molar-refractivity contribution in [3.05, 3.63) is 33.5 Å². The standard InChI is InChI=1S/C13H14N4O3S/c1-7-5-11(20-17-7)15-10(18)6-21-12-8-3-2-4-9(8)14-13(19)16-12/h5H,2-4,6H2,1H3,(H,15,18)(H,14,16,19). The number of H-pyrrole nitrogens is 1. The number of hydrogen-bond donors (Lipinski definition) is 2. The molecule has 2 N–H and O–H groups in total. The lowest BCUT2D eigenvalue weighted by molar-refractivity contribution is -0.113. The van der Waals surface area contributed by atoms with Gasteiger partial charge in [0.05, 0.1) is 11.4 Å². The van der Waals surface area contributed by atoms with Crippen LogP contribution in [0, 0.1) is 6.92 Å². The number of carbonyl (C=O) groups excluding carboxylic acids is 1. The van der Waals surface area contributed by atoms with Gasteiger partial charge in [0.25, 0.3) is 0 Å². The van der Waals surface area contributed by atoms with Crippen LogP contribution in [0.3, 0.4) is 0 Å². The predicted octanol–water partition coefficient (Wildman–Crippen LogP) is 1.29. The minimum Gasteiger partial charge on any atom is -0.338 e. The summed E-state index contributed by atoms with van der Waals surface area (Å²) in [4.78, 5) is 30.0. The first-order valence-electron chi connectivity index (χ1n) is 6.60. The van der Waals surface area contributed by atoms with E-state index in [4.69, 9.17) is 4.52 Å². The lowest BCUT2D eigenvalue weighted by atomic mass is 10.3. The number of rotatable bonds is 4. The van der Waals surface area contributed by atoms with Gasteiger partial charge in [-0.3, -0.25) is 10.1 Å². The molecule has 0 spiro atoms. The Balaban J connectivity index is 1.65.